The van der Waals surface area contributed by atoms with E-state index in [0.29, 0.717) is 10.8 Å². The number of aromatic nitrogens is 1. The summed E-state index contributed by atoms with van der Waals surface area (Å²) in [7, 11) is 0. The lowest BCUT2D eigenvalue weighted by atomic mass is 10.1. The lowest BCUT2D eigenvalue weighted by Crippen LogP contribution is -2.31. The number of nitrogens with one attached hydrogen (secondary N) is 1. The van der Waals surface area contributed by atoms with E-state index in [1.165, 1.54) is 41.4 Å². The third-order valence-electron chi connectivity index (χ3n) is 5.03. The van der Waals surface area contributed by atoms with Crippen molar-refractivity contribution in [3.8, 4) is 0 Å². The molecule has 0 bridgehead atoms. The minimum absolute atomic E-state index is 0.0786. The fraction of sp³-hybridized carbons (Fsp3) is 0.130. The summed E-state index contributed by atoms with van der Waals surface area (Å²) >= 11 is 6.52. The van der Waals surface area contributed by atoms with Gasteiger partial charge in [0.05, 0.1) is 17.1 Å². The van der Waals surface area contributed by atoms with E-state index in [0.717, 1.165) is 21.7 Å². The number of hydrogen-bond acceptors (Lipinski definition) is 5. The minimum atomic E-state index is -0.548. The van der Waals surface area contributed by atoms with E-state index in [1.807, 2.05) is 32.0 Å². The van der Waals surface area contributed by atoms with Crippen LogP contribution in [-0.2, 0) is 9.59 Å². The maximum Gasteiger partial charge on any atom is 0.281 e. The largest absolute Gasteiger partial charge is 0.327 e. The molecule has 32 heavy (non-hydrogen) atoms. The average molecular weight is 467 g/mol. The summed E-state index contributed by atoms with van der Waals surface area (Å²) in [6, 6.07) is 11.7. The summed E-state index contributed by atoms with van der Waals surface area (Å²) < 4.78 is 14.2. The van der Waals surface area contributed by atoms with Gasteiger partial charge in [-0.3, -0.25) is 14.5 Å². The van der Waals surface area contributed by atoms with Crippen LogP contribution in [-0.4, -0.2) is 21.9 Å². The number of hydrogen-bond donors (Lipinski definition) is 1. The summed E-state index contributed by atoms with van der Waals surface area (Å²) in [4.78, 5) is 32.4. The molecule has 0 atom stereocenters. The second kappa shape index (κ2) is 8.60. The van der Waals surface area contributed by atoms with Gasteiger partial charge >= 0.3 is 0 Å². The van der Waals surface area contributed by atoms with Crippen LogP contribution in [0.4, 0.5) is 20.9 Å². The molecule has 2 aromatic carbocycles. The molecule has 9 heteroatoms. The SMILES string of the molecule is CC(=O)N(c1ccc(C)c(C)c1)c1nc(/C=C2\NC(=S)N(c3ccccc3F)C2=O)cs1. The maximum atomic E-state index is 14.2. The summed E-state index contributed by atoms with van der Waals surface area (Å²) in [5.41, 5.74) is 3.65. The zero-order valence-electron chi connectivity index (χ0n) is 17.5. The van der Waals surface area contributed by atoms with Crippen molar-refractivity contribution in [3.05, 3.63) is 76.2 Å². The van der Waals surface area contributed by atoms with Gasteiger partial charge in [0.1, 0.15) is 11.5 Å². The molecule has 1 saturated heterocycles. The Labute approximate surface area is 194 Å². The molecule has 0 aliphatic carbocycles. The van der Waals surface area contributed by atoms with Crippen LogP contribution in [0.1, 0.15) is 23.7 Å². The number of carbonyl (C=O) groups excluding carboxylic acids is 2. The van der Waals surface area contributed by atoms with Gasteiger partial charge in [0.2, 0.25) is 5.91 Å². The quantitative estimate of drug-likeness (QED) is 0.440. The fourth-order valence-corrected chi connectivity index (χ4v) is 4.41. The molecule has 2 amide bonds. The lowest BCUT2D eigenvalue weighted by Gasteiger charge is -2.19. The van der Waals surface area contributed by atoms with E-state index in [4.69, 9.17) is 12.2 Å². The molecule has 3 aromatic rings. The van der Waals surface area contributed by atoms with Crippen molar-refractivity contribution in [2.75, 3.05) is 9.80 Å². The molecule has 1 aliphatic heterocycles. The third-order valence-corrected chi connectivity index (χ3v) is 6.16. The van der Waals surface area contributed by atoms with Crippen LogP contribution >= 0.6 is 23.6 Å². The number of carbonyl (C=O) groups is 2. The van der Waals surface area contributed by atoms with Gasteiger partial charge in [0.25, 0.3) is 5.91 Å². The van der Waals surface area contributed by atoms with Gasteiger partial charge in [-0.2, -0.15) is 0 Å². The Hall–Kier alpha value is -3.43. The van der Waals surface area contributed by atoms with Crippen molar-refractivity contribution in [1.82, 2.24) is 10.3 Å². The number of thiocarbonyl (C=S) groups is 1. The highest BCUT2D eigenvalue weighted by Crippen LogP contribution is 2.31. The number of nitrogens with zero attached hydrogens (tertiary/aromatic N) is 3. The lowest BCUT2D eigenvalue weighted by molar-refractivity contribution is -0.116. The molecule has 1 aliphatic rings. The van der Waals surface area contributed by atoms with Gasteiger partial charge in [-0.1, -0.05) is 18.2 Å². The average Bonchev–Trinajstić information content (AvgIpc) is 3.30. The van der Waals surface area contributed by atoms with Crippen LogP contribution in [0.25, 0.3) is 6.08 Å². The van der Waals surface area contributed by atoms with Gasteiger partial charge in [0, 0.05) is 12.3 Å². The molecule has 0 unspecified atom stereocenters. The number of benzene rings is 2. The first-order valence-corrected chi connectivity index (χ1v) is 11.0. The molecule has 0 saturated carbocycles. The number of aryl methyl sites for hydroxylation is 2. The Morgan fingerprint density at radius 1 is 1.22 bits per heavy atom. The molecule has 1 N–H and O–H groups in total. The Morgan fingerprint density at radius 2 is 1.97 bits per heavy atom. The van der Waals surface area contributed by atoms with E-state index in [-0.39, 0.29) is 22.4 Å². The van der Waals surface area contributed by atoms with Crippen molar-refractivity contribution >= 4 is 63.1 Å². The molecule has 4 rings (SSSR count). The summed E-state index contributed by atoms with van der Waals surface area (Å²) in [5.74, 6) is -1.20. The Balaban J connectivity index is 1.64. The standard InChI is InChI=1S/C23H19FN4O2S2/c1-13-8-9-17(10-14(13)2)27(15(3)29)23-25-16(12-32-23)11-19-21(30)28(22(31)26-19)20-7-5-4-6-18(20)24/h4-12H,1-3H3,(H,26,31)/b19-11-. The normalized spacial score (nSPS) is 14.8. The van der Waals surface area contributed by atoms with Gasteiger partial charge < -0.3 is 5.32 Å². The monoisotopic (exact) mass is 466 g/mol. The van der Waals surface area contributed by atoms with Crippen LogP contribution < -0.4 is 15.1 Å². The smallest absolute Gasteiger partial charge is 0.281 e. The molecule has 1 fully saturated rings. The van der Waals surface area contributed by atoms with Crippen molar-refractivity contribution in [1.29, 1.82) is 0 Å². The fourth-order valence-electron chi connectivity index (χ4n) is 3.27. The number of anilines is 3. The summed E-state index contributed by atoms with van der Waals surface area (Å²) in [6.45, 7) is 5.46. The Bertz CT molecular complexity index is 1280. The second-order valence-corrected chi connectivity index (χ2v) is 8.48. The summed E-state index contributed by atoms with van der Waals surface area (Å²) in [5, 5.41) is 5.12. The van der Waals surface area contributed by atoms with Crippen LogP contribution in [0, 0.1) is 19.7 Å². The van der Waals surface area contributed by atoms with Gasteiger partial charge in [-0.15, -0.1) is 11.3 Å². The van der Waals surface area contributed by atoms with Crippen molar-refractivity contribution in [3.63, 3.8) is 0 Å². The first kappa shape index (κ1) is 21.8. The second-order valence-electron chi connectivity index (χ2n) is 7.26. The number of halogens is 1. The Kier molecular flexibility index (Phi) is 5.86. The highest BCUT2D eigenvalue weighted by molar-refractivity contribution is 7.80. The highest BCUT2D eigenvalue weighted by Gasteiger charge is 2.33. The van der Waals surface area contributed by atoms with Crippen molar-refractivity contribution < 1.29 is 14.0 Å². The number of thiazole rings is 1. The van der Waals surface area contributed by atoms with Crippen LogP contribution in [0.15, 0.2) is 53.5 Å². The predicted molar refractivity (Wildman–Crippen MR) is 128 cm³/mol. The predicted octanol–water partition coefficient (Wildman–Crippen LogP) is 4.85. The van der Waals surface area contributed by atoms with Gasteiger partial charge in [-0.25, -0.2) is 14.3 Å². The van der Waals surface area contributed by atoms with Crippen molar-refractivity contribution in [2.45, 2.75) is 20.8 Å². The van der Waals surface area contributed by atoms with E-state index >= 15 is 0 Å². The number of para-hydroxylation sites is 1. The van der Waals surface area contributed by atoms with Gasteiger partial charge in [0.15, 0.2) is 10.2 Å². The number of rotatable bonds is 4. The molecular formula is C23H19FN4O2S2. The van der Waals surface area contributed by atoms with E-state index in [1.54, 1.807) is 17.5 Å². The van der Waals surface area contributed by atoms with Crippen LogP contribution in [0.2, 0.25) is 0 Å². The van der Waals surface area contributed by atoms with Crippen molar-refractivity contribution in [2.24, 2.45) is 0 Å². The third kappa shape index (κ3) is 4.04. The number of amides is 2. The topological polar surface area (TPSA) is 65.5 Å². The maximum absolute atomic E-state index is 14.2. The van der Waals surface area contributed by atoms with E-state index < -0.39 is 11.7 Å². The molecule has 162 valence electrons. The zero-order valence-corrected chi connectivity index (χ0v) is 19.2. The molecule has 0 spiro atoms. The molecule has 2 heterocycles. The minimum Gasteiger partial charge on any atom is -0.327 e. The first-order chi connectivity index (χ1) is 15.3. The van der Waals surface area contributed by atoms with E-state index in [9.17, 15) is 14.0 Å². The van der Waals surface area contributed by atoms with Crippen LogP contribution in [0.5, 0.6) is 0 Å². The molecule has 1 aromatic heterocycles. The first-order valence-electron chi connectivity index (χ1n) is 9.71. The highest BCUT2D eigenvalue weighted by atomic mass is 32.1. The molecule has 0 radical (unpaired) electrons. The van der Waals surface area contributed by atoms with E-state index in [2.05, 4.69) is 10.3 Å². The molecular weight excluding hydrogens is 447 g/mol. The summed E-state index contributed by atoms with van der Waals surface area (Å²) in [6.07, 6.45) is 1.54. The van der Waals surface area contributed by atoms with Crippen LogP contribution in [0.3, 0.4) is 0 Å². The molecule has 6 nitrogen and oxygen atoms in total. The Morgan fingerprint density at radius 3 is 2.66 bits per heavy atom. The van der Waals surface area contributed by atoms with Gasteiger partial charge in [-0.05, 0) is 67.5 Å². The zero-order chi connectivity index (χ0) is 23.0.